The molecule has 130 valence electrons. The number of carbonyl (C=O) groups excluding carboxylic acids is 2. The topological polar surface area (TPSA) is 89.0 Å². The molecule has 0 atom stereocenters. The second-order valence-electron chi connectivity index (χ2n) is 4.98. The molecule has 2 aromatic rings. The normalized spacial score (nSPS) is 10.3. The molecular formula is C18H19N3O4. The summed E-state index contributed by atoms with van der Waals surface area (Å²) in [4.78, 5) is 23.7. The van der Waals surface area contributed by atoms with E-state index in [0.717, 1.165) is 11.3 Å². The summed E-state index contributed by atoms with van der Waals surface area (Å²) >= 11 is 0. The molecule has 0 saturated heterocycles. The molecule has 2 amide bonds. The minimum atomic E-state index is -0.430. The average molecular weight is 341 g/mol. The third-order valence-electron chi connectivity index (χ3n) is 3.26. The number of nitrogens with one attached hydrogen (secondary N) is 2. The maximum absolute atomic E-state index is 12.0. The van der Waals surface area contributed by atoms with Crippen LogP contribution in [0.5, 0.6) is 11.5 Å². The molecule has 0 fully saturated rings. The summed E-state index contributed by atoms with van der Waals surface area (Å²) in [7, 11) is 3.11. The second-order valence-corrected chi connectivity index (χ2v) is 4.98. The zero-order chi connectivity index (χ0) is 18.1. The molecule has 0 bridgehead atoms. The molecule has 0 saturated carbocycles. The van der Waals surface area contributed by atoms with Crippen LogP contribution in [0.1, 0.15) is 15.9 Å². The van der Waals surface area contributed by atoms with Crippen molar-refractivity contribution in [2.45, 2.75) is 0 Å². The van der Waals surface area contributed by atoms with Gasteiger partial charge in [0.1, 0.15) is 11.5 Å². The number of ether oxygens (including phenoxy) is 2. The Morgan fingerprint density at radius 3 is 2.44 bits per heavy atom. The molecule has 2 rings (SSSR count). The van der Waals surface area contributed by atoms with Gasteiger partial charge < -0.3 is 14.8 Å². The third-order valence-corrected chi connectivity index (χ3v) is 3.26. The maximum atomic E-state index is 12.0. The van der Waals surface area contributed by atoms with Crippen LogP contribution in [-0.2, 0) is 4.79 Å². The molecule has 0 radical (unpaired) electrons. The van der Waals surface area contributed by atoms with Gasteiger partial charge in [-0.05, 0) is 48.0 Å². The molecular weight excluding hydrogens is 322 g/mol. The number of hydrogen-bond donors (Lipinski definition) is 2. The van der Waals surface area contributed by atoms with Crippen molar-refractivity contribution in [2.75, 3.05) is 20.8 Å². The van der Waals surface area contributed by atoms with Crippen LogP contribution in [-0.4, -0.2) is 38.8 Å². The fourth-order valence-electron chi connectivity index (χ4n) is 1.94. The quantitative estimate of drug-likeness (QED) is 0.591. The van der Waals surface area contributed by atoms with E-state index in [4.69, 9.17) is 9.47 Å². The van der Waals surface area contributed by atoms with E-state index in [1.807, 2.05) is 0 Å². The molecule has 0 unspecified atom stereocenters. The molecule has 2 aromatic carbocycles. The van der Waals surface area contributed by atoms with Crippen molar-refractivity contribution in [3.8, 4) is 11.5 Å². The van der Waals surface area contributed by atoms with E-state index in [-0.39, 0.29) is 12.5 Å². The van der Waals surface area contributed by atoms with Gasteiger partial charge in [0.25, 0.3) is 11.8 Å². The molecule has 0 heterocycles. The zero-order valence-corrected chi connectivity index (χ0v) is 14.0. The Bertz CT molecular complexity index is 757. The van der Waals surface area contributed by atoms with Gasteiger partial charge in [-0.2, -0.15) is 5.10 Å². The first kappa shape index (κ1) is 18.0. The van der Waals surface area contributed by atoms with Crippen LogP contribution >= 0.6 is 0 Å². The standard InChI is InChI=1S/C18H19N3O4/c1-24-15-8-6-13(7-9-15)11-20-21-17(22)12-19-18(23)14-4-3-5-16(10-14)25-2/h3-11H,12H2,1-2H3,(H,19,23)(H,21,22)/b20-11-. The summed E-state index contributed by atoms with van der Waals surface area (Å²) in [6.45, 7) is -0.185. The predicted molar refractivity (Wildman–Crippen MR) is 94.1 cm³/mol. The largest absolute Gasteiger partial charge is 0.497 e. The second kappa shape index (κ2) is 9.07. The average Bonchev–Trinajstić information content (AvgIpc) is 2.66. The lowest BCUT2D eigenvalue weighted by molar-refractivity contribution is -0.120. The van der Waals surface area contributed by atoms with E-state index >= 15 is 0 Å². The highest BCUT2D eigenvalue weighted by atomic mass is 16.5. The van der Waals surface area contributed by atoms with Gasteiger partial charge >= 0.3 is 0 Å². The SMILES string of the molecule is COc1ccc(/C=N\NC(=O)CNC(=O)c2cccc(OC)c2)cc1. The zero-order valence-electron chi connectivity index (χ0n) is 14.0. The lowest BCUT2D eigenvalue weighted by Crippen LogP contribution is -2.34. The van der Waals surface area contributed by atoms with E-state index in [1.165, 1.54) is 13.3 Å². The van der Waals surface area contributed by atoms with Crippen molar-refractivity contribution in [1.82, 2.24) is 10.7 Å². The molecule has 0 aliphatic rings. The van der Waals surface area contributed by atoms with E-state index in [2.05, 4.69) is 15.8 Å². The van der Waals surface area contributed by atoms with Gasteiger partial charge in [0.15, 0.2) is 0 Å². The maximum Gasteiger partial charge on any atom is 0.259 e. The summed E-state index contributed by atoms with van der Waals surface area (Å²) in [5, 5.41) is 6.36. The Hall–Kier alpha value is -3.35. The minimum Gasteiger partial charge on any atom is -0.497 e. The smallest absolute Gasteiger partial charge is 0.259 e. The van der Waals surface area contributed by atoms with Crippen LogP contribution in [0.3, 0.4) is 0 Å². The number of rotatable bonds is 7. The van der Waals surface area contributed by atoms with Gasteiger partial charge in [-0.3, -0.25) is 9.59 Å². The Morgan fingerprint density at radius 1 is 1.04 bits per heavy atom. The molecule has 0 aliphatic heterocycles. The molecule has 7 nitrogen and oxygen atoms in total. The minimum absolute atomic E-state index is 0.185. The Balaban J connectivity index is 1.79. The first-order chi connectivity index (χ1) is 12.1. The first-order valence-electron chi connectivity index (χ1n) is 7.50. The van der Waals surface area contributed by atoms with Crippen LogP contribution < -0.4 is 20.2 Å². The van der Waals surface area contributed by atoms with Crippen LogP contribution in [0.15, 0.2) is 53.6 Å². The van der Waals surface area contributed by atoms with Crippen molar-refractivity contribution in [2.24, 2.45) is 5.10 Å². The van der Waals surface area contributed by atoms with E-state index in [9.17, 15) is 9.59 Å². The number of amides is 2. The number of hydrazone groups is 1. The lowest BCUT2D eigenvalue weighted by atomic mass is 10.2. The lowest BCUT2D eigenvalue weighted by Gasteiger charge is -2.06. The van der Waals surface area contributed by atoms with Gasteiger partial charge in [0.2, 0.25) is 0 Å². The number of benzene rings is 2. The third kappa shape index (κ3) is 5.65. The number of carbonyl (C=O) groups is 2. The number of nitrogens with zero attached hydrogens (tertiary/aromatic N) is 1. The Labute approximate surface area is 145 Å². The number of hydrogen-bond acceptors (Lipinski definition) is 5. The summed E-state index contributed by atoms with van der Waals surface area (Å²) in [6.07, 6.45) is 1.50. The summed E-state index contributed by atoms with van der Waals surface area (Å²) < 4.78 is 10.1. The molecule has 2 N–H and O–H groups in total. The fourth-order valence-corrected chi connectivity index (χ4v) is 1.94. The van der Waals surface area contributed by atoms with E-state index in [0.29, 0.717) is 11.3 Å². The summed E-state index contributed by atoms with van der Waals surface area (Å²) in [6, 6.07) is 13.9. The number of methoxy groups -OCH3 is 2. The van der Waals surface area contributed by atoms with E-state index < -0.39 is 5.91 Å². The van der Waals surface area contributed by atoms with E-state index in [1.54, 1.807) is 55.6 Å². The van der Waals surface area contributed by atoms with Crippen molar-refractivity contribution in [1.29, 1.82) is 0 Å². The van der Waals surface area contributed by atoms with Gasteiger partial charge in [0, 0.05) is 5.56 Å². The fraction of sp³-hybridized carbons (Fsp3) is 0.167. The Kier molecular flexibility index (Phi) is 6.53. The molecule has 25 heavy (non-hydrogen) atoms. The Morgan fingerprint density at radius 2 is 1.76 bits per heavy atom. The van der Waals surface area contributed by atoms with Crippen LogP contribution in [0.25, 0.3) is 0 Å². The monoisotopic (exact) mass is 341 g/mol. The van der Waals surface area contributed by atoms with Crippen molar-refractivity contribution < 1.29 is 19.1 Å². The van der Waals surface area contributed by atoms with Crippen LogP contribution in [0, 0.1) is 0 Å². The molecule has 0 spiro atoms. The van der Waals surface area contributed by atoms with Crippen molar-refractivity contribution in [3.05, 3.63) is 59.7 Å². The highest BCUT2D eigenvalue weighted by Crippen LogP contribution is 2.12. The molecule has 7 heteroatoms. The van der Waals surface area contributed by atoms with Crippen LogP contribution in [0.4, 0.5) is 0 Å². The van der Waals surface area contributed by atoms with Gasteiger partial charge in [-0.1, -0.05) is 6.07 Å². The summed E-state index contributed by atoms with van der Waals surface area (Å²) in [5.41, 5.74) is 3.57. The van der Waals surface area contributed by atoms with Gasteiger partial charge in [0.05, 0.1) is 27.0 Å². The first-order valence-corrected chi connectivity index (χ1v) is 7.50. The van der Waals surface area contributed by atoms with Crippen molar-refractivity contribution >= 4 is 18.0 Å². The predicted octanol–water partition coefficient (Wildman–Crippen LogP) is 1.58. The van der Waals surface area contributed by atoms with Crippen LogP contribution in [0.2, 0.25) is 0 Å². The van der Waals surface area contributed by atoms with Gasteiger partial charge in [-0.25, -0.2) is 5.43 Å². The summed E-state index contributed by atoms with van der Waals surface area (Å²) in [5.74, 6) is 0.511. The van der Waals surface area contributed by atoms with Crippen molar-refractivity contribution in [3.63, 3.8) is 0 Å². The molecule has 0 aromatic heterocycles. The highest BCUT2D eigenvalue weighted by molar-refractivity contribution is 5.96. The van der Waals surface area contributed by atoms with Gasteiger partial charge in [-0.15, -0.1) is 0 Å². The highest BCUT2D eigenvalue weighted by Gasteiger charge is 2.08. The molecule has 0 aliphatic carbocycles.